The van der Waals surface area contributed by atoms with Gasteiger partial charge in [0.05, 0.1) is 6.61 Å². The normalized spacial score (nSPS) is 21.6. The molecule has 1 aliphatic heterocycles. The summed E-state index contributed by atoms with van der Waals surface area (Å²) in [7, 11) is -3.66. The minimum atomic E-state index is -2.04. The highest BCUT2D eigenvalue weighted by molar-refractivity contribution is 6.75. The average Bonchev–Trinajstić information content (AvgIpc) is 2.61. The van der Waals surface area contributed by atoms with Gasteiger partial charge in [-0.05, 0) is 32.1 Å². The lowest BCUT2D eigenvalue weighted by molar-refractivity contribution is 0.0459. The maximum atomic E-state index is 10.6. The lowest BCUT2D eigenvalue weighted by Crippen LogP contribution is -2.35. The Bertz CT molecular complexity index is 268. The summed E-state index contributed by atoms with van der Waals surface area (Å²) in [6.45, 7) is 7.33. The second-order valence-electron chi connectivity index (χ2n) is 5.20. The molecular formula is C10H22O6Si2. The first-order chi connectivity index (χ1) is 8.37. The molecule has 0 spiro atoms. The largest absolute Gasteiger partial charge is 0.508 e. The summed E-state index contributed by atoms with van der Waals surface area (Å²) in [5.74, 6) is 0. The van der Waals surface area contributed by atoms with Crippen molar-refractivity contribution in [2.75, 3.05) is 19.8 Å². The van der Waals surface area contributed by atoms with Crippen molar-refractivity contribution in [2.45, 2.75) is 38.2 Å². The number of ether oxygens (including phenoxy) is 3. The maximum Gasteiger partial charge on any atom is 0.508 e. The molecule has 0 radical (unpaired) electrons. The fourth-order valence-corrected chi connectivity index (χ4v) is 5.74. The van der Waals surface area contributed by atoms with Crippen LogP contribution in [-0.2, 0) is 18.3 Å². The fourth-order valence-electron chi connectivity index (χ4n) is 1.49. The number of rotatable bonds is 8. The van der Waals surface area contributed by atoms with Crippen LogP contribution in [0.2, 0.25) is 25.7 Å². The van der Waals surface area contributed by atoms with Crippen molar-refractivity contribution in [2.24, 2.45) is 0 Å². The van der Waals surface area contributed by atoms with E-state index < -0.39 is 23.8 Å². The quantitative estimate of drug-likeness (QED) is 0.409. The number of hydrogen-bond acceptors (Lipinski definition) is 6. The van der Waals surface area contributed by atoms with Crippen molar-refractivity contribution in [3.63, 3.8) is 0 Å². The predicted octanol–water partition coefficient (Wildman–Crippen LogP) is 0.993. The summed E-state index contributed by atoms with van der Waals surface area (Å²) in [6.07, 6.45) is -0.160. The van der Waals surface area contributed by atoms with Crippen molar-refractivity contribution >= 4 is 23.8 Å². The van der Waals surface area contributed by atoms with Gasteiger partial charge < -0.3 is 23.1 Å². The van der Waals surface area contributed by atoms with Crippen molar-refractivity contribution in [3.8, 4) is 0 Å². The zero-order chi connectivity index (χ0) is 13.6. The highest BCUT2D eigenvalue weighted by Crippen LogP contribution is 2.09. The molecule has 18 heavy (non-hydrogen) atoms. The summed E-state index contributed by atoms with van der Waals surface area (Å²) in [4.78, 5) is 20.4. The third kappa shape index (κ3) is 7.11. The number of carbonyl (C=O) groups excluding carboxylic acids is 1. The van der Waals surface area contributed by atoms with Gasteiger partial charge in [-0.3, -0.25) is 0 Å². The molecule has 0 amide bonds. The maximum absolute atomic E-state index is 10.6. The molecule has 2 atom stereocenters. The van der Waals surface area contributed by atoms with Crippen LogP contribution in [-0.4, -0.2) is 54.5 Å². The Balaban J connectivity index is 1.97. The van der Waals surface area contributed by atoms with E-state index in [2.05, 4.69) is 24.4 Å². The van der Waals surface area contributed by atoms with Crippen molar-refractivity contribution in [1.29, 1.82) is 0 Å². The summed E-state index contributed by atoms with van der Waals surface area (Å²) < 4.78 is 20.4. The van der Waals surface area contributed by atoms with Gasteiger partial charge >= 0.3 is 15.4 Å². The number of carbonyl (C=O) groups is 1. The first-order valence-corrected chi connectivity index (χ1v) is 11.3. The lowest BCUT2D eigenvalue weighted by atomic mass is 10.4. The Morgan fingerprint density at radius 2 is 2.22 bits per heavy atom. The Morgan fingerprint density at radius 1 is 1.50 bits per heavy atom. The summed E-state index contributed by atoms with van der Waals surface area (Å²) in [6, 6.07) is 0.686. The molecule has 0 aromatic carbocycles. The Hall–Kier alpha value is -0.416. The van der Waals surface area contributed by atoms with Crippen LogP contribution in [0.3, 0.4) is 0 Å². The molecule has 1 N–H and O–H groups in total. The van der Waals surface area contributed by atoms with Gasteiger partial charge in [0, 0.05) is 6.61 Å². The molecule has 1 aliphatic rings. The smallest absolute Gasteiger partial charge is 0.438 e. The Morgan fingerprint density at radius 3 is 2.78 bits per heavy atom. The average molecular weight is 294 g/mol. The fraction of sp³-hybridized carbons (Fsp3) is 0.900. The van der Waals surface area contributed by atoms with Crippen LogP contribution < -0.4 is 0 Å². The summed E-state index contributed by atoms with van der Waals surface area (Å²) in [5.41, 5.74) is 0. The van der Waals surface area contributed by atoms with Gasteiger partial charge in [-0.1, -0.05) is 0 Å². The Kier molecular flexibility index (Phi) is 6.29. The molecule has 2 unspecified atom stereocenters. The van der Waals surface area contributed by atoms with E-state index in [0.29, 0.717) is 19.3 Å². The number of hydrogen-bond donors (Lipinski definition) is 1. The lowest BCUT2D eigenvalue weighted by Gasteiger charge is -2.21. The van der Waals surface area contributed by atoms with E-state index in [1.54, 1.807) is 0 Å². The van der Waals surface area contributed by atoms with E-state index in [0.717, 1.165) is 6.42 Å². The predicted molar refractivity (Wildman–Crippen MR) is 70.3 cm³/mol. The standard InChI is InChI=1S/C10H22O6Si2/c1-18(2,3)16-17(12)6-4-5-13-7-9-8-14-10(11)15-9/h9,12,17H,4-8H2,1-3H3. The van der Waals surface area contributed by atoms with Gasteiger partial charge in [0.25, 0.3) is 0 Å². The molecule has 1 heterocycles. The number of cyclic esters (lactones) is 2. The molecule has 0 saturated carbocycles. The second kappa shape index (κ2) is 7.24. The Labute approximate surface area is 110 Å². The van der Waals surface area contributed by atoms with Crippen LogP contribution in [0.5, 0.6) is 0 Å². The van der Waals surface area contributed by atoms with Gasteiger partial charge in [0.2, 0.25) is 0 Å². The van der Waals surface area contributed by atoms with E-state index in [9.17, 15) is 9.59 Å². The highest BCUT2D eigenvalue weighted by atomic mass is 28.4. The molecule has 6 nitrogen and oxygen atoms in total. The monoisotopic (exact) mass is 294 g/mol. The molecule has 0 aromatic heterocycles. The van der Waals surface area contributed by atoms with Crippen molar-refractivity contribution < 1.29 is 27.9 Å². The van der Waals surface area contributed by atoms with E-state index >= 15 is 0 Å². The van der Waals surface area contributed by atoms with Crippen molar-refractivity contribution in [1.82, 2.24) is 0 Å². The SMILES string of the molecule is C[Si](C)(C)O[SiH](O)CCCOCC1COC(=O)O1. The first kappa shape index (κ1) is 15.6. The third-order valence-corrected chi connectivity index (χ3v) is 7.00. The van der Waals surface area contributed by atoms with Gasteiger partial charge in [-0.2, -0.15) is 0 Å². The second-order valence-corrected chi connectivity index (χ2v) is 11.9. The molecule has 0 aliphatic carbocycles. The van der Waals surface area contributed by atoms with Crippen LogP contribution in [0.4, 0.5) is 4.79 Å². The minimum Gasteiger partial charge on any atom is -0.438 e. The van der Waals surface area contributed by atoms with Gasteiger partial charge in [0.15, 0.2) is 14.4 Å². The molecule has 106 valence electrons. The molecule has 0 aromatic rings. The van der Waals surface area contributed by atoms with E-state index in [1.807, 2.05) is 0 Å². The van der Waals surface area contributed by atoms with Crippen LogP contribution in [0.25, 0.3) is 0 Å². The zero-order valence-corrected chi connectivity index (χ0v) is 13.3. The van der Waals surface area contributed by atoms with E-state index in [1.165, 1.54) is 0 Å². The third-order valence-electron chi connectivity index (χ3n) is 2.18. The van der Waals surface area contributed by atoms with Crippen LogP contribution in [0.15, 0.2) is 0 Å². The molecular weight excluding hydrogens is 272 g/mol. The molecule has 1 saturated heterocycles. The van der Waals surface area contributed by atoms with Gasteiger partial charge in [0.1, 0.15) is 6.61 Å². The van der Waals surface area contributed by atoms with Crippen LogP contribution in [0.1, 0.15) is 6.42 Å². The van der Waals surface area contributed by atoms with Crippen LogP contribution in [0, 0.1) is 0 Å². The summed E-state index contributed by atoms with van der Waals surface area (Å²) >= 11 is 0. The minimum absolute atomic E-state index is 0.259. The van der Waals surface area contributed by atoms with Gasteiger partial charge in [-0.25, -0.2) is 4.79 Å². The van der Waals surface area contributed by atoms with Crippen LogP contribution >= 0.6 is 0 Å². The first-order valence-electron chi connectivity index (χ1n) is 6.14. The molecule has 0 bridgehead atoms. The van der Waals surface area contributed by atoms with E-state index in [4.69, 9.17) is 13.6 Å². The summed E-state index contributed by atoms with van der Waals surface area (Å²) in [5, 5.41) is 0. The van der Waals surface area contributed by atoms with Gasteiger partial charge in [-0.15, -0.1) is 0 Å². The highest BCUT2D eigenvalue weighted by Gasteiger charge is 2.25. The molecule has 8 heteroatoms. The van der Waals surface area contributed by atoms with Crippen molar-refractivity contribution in [3.05, 3.63) is 0 Å². The topological polar surface area (TPSA) is 74.2 Å². The molecule has 1 fully saturated rings. The van der Waals surface area contributed by atoms with E-state index in [-0.39, 0.29) is 12.7 Å². The zero-order valence-electron chi connectivity index (χ0n) is 11.2. The molecule has 1 rings (SSSR count).